The van der Waals surface area contributed by atoms with Gasteiger partial charge in [-0.05, 0) is 68.8 Å². The predicted octanol–water partition coefficient (Wildman–Crippen LogP) is 4.06. The molecule has 2 aliphatic heterocycles. The van der Waals surface area contributed by atoms with E-state index in [-0.39, 0.29) is 6.03 Å². The SMILES string of the molecule is CN1CC2CC1CN2c1ccc(Nc2nccc(-c3ccc(NC(=O)NC4CC4)cc3)n2)cc1. The largest absolute Gasteiger partial charge is 0.366 e. The van der Waals surface area contributed by atoms with Crippen LogP contribution < -0.4 is 20.9 Å². The summed E-state index contributed by atoms with van der Waals surface area (Å²) in [5, 5.41) is 9.11. The van der Waals surface area contributed by atoms with E-state index in [0.29, 0.717) is 24.1 Å². The van der Waals surface area contributed by atoms with Gasteiger partial charge >= 0.3 is 6.03 Å². The molecule has 3 N–H and O–H groups in total. The van der Waals surface area contributed by atoms with Gasteiger partial charge in [0.2, 0.25) is 5.95 Å². The zero-order valence-electron chi connectivity index (χ0n) is 19.2. The Hall–Kier alpha value is -3.65. The number of fused-ring (bicyclic) bond motifs is 2. The lowest BCUT2D eigenvalue weighted by Crippen LogP contribution is -2.44. The molecule has 0 radical (unpaired) electrons. The highest BCUT2D eigenvalue weighted by atomic mass is 16.2. The van der Waals surface area contributed by atoms with Gasteiger partial charge in [-0.25, -0.2) is 14.8 Å². The Bertz CT molecular complexity index is 1170. The van der Waals surface area contributed by atoms with Crippen molar-refractivity contribution in [2.75, 3.05) is 35.7 Å². The van der Waals surface area contributed by atoms with Crippen molar-refractivity contribution in [2.45, 2.75) is 37.4 Å². The lowest BCUT2D eigenvalue weighted by atomic mass is 10.1. The number of likely N-dealkylation sites (tertiary alicyclic amines) is 1. The number of aromatic nitrogens is 2. The van der Waals surface area contributed by atoms with E-state index in [1.54, 1.807) is 6.20 Å². The zero-order chi connectivity index (χ0) is 23.1. The second-order valence-electron chi connectivity index (χ2n) is 9.52. The number of piperazine rings is 1. The Kier molecular flexibility index (Phi) is 5.30. The second kappa shape index (κ2) is 8.61. The number of rotatable bonds is 6. The molecule has 2 amide bonds. The molecule has 0 spiro atoms. The van der Waals surface area contributed by atoms with Crippen LogP contribution in [0.25, 0.3) is 11.3 Å². The Balaban J connectivity index is 1.10. The fourth-order valence-corrected chi connectivity index (χ4v) is 4.93. The minimum Gasteiger partial charge on any atom is -0.366 e. The van der Waals surface area contributed by atoms with E-state index in [1.165, 1.54) is 12.1 Å². The molecule has 2 saturated heterocycles. The lowest BCUT2D eigenvalue weighted by molar-refractivity contribution is 0.251. The molecule has 34 heavy (non-hydrogen) atoms. The molecule has 174 valence electrons. The third kappa shape index (κ3) is 4.41. The number of likely N-dealkylation sites (N-methyl/N-ethyl adjacent to an activating group) is 1. The highest BCUT2D eigenvalue weighted by Gasteiger charge is 2.41. The third-order valence-electron chi connectivity index (χ3n) is 6.98. The topological polar surface area (TPSA) is 85.4 Å². The average molecular weight is 456 g/mol. The van der Waals surface area contributed by atoms with E-state index in [1.807, 2.05) is 30.3 Å². The van der Waals surface area contributed by atoms with Gasteiger partial charge in [0, 0.05) is 60.0 Å². The molecule has 1 saturated carbocycles. The van der Waals surface area contributed by atoms with Gasteiger partial charge in [0.1, 0.15) is 0 Å². The van der Waals surface area contributed by atoms with Crippen molar-refractivity contribution in [3.8, 4) is 11.3 Å². The summed E-state index contributed by atoms with van der Waals surface area (Å²) >= 11 is 0. The number of hydrogen-bond acceptors (Lipinski definition) is 6. The van der Waals surface area contributed by atoms with Crippen molar-refractivity contribution in [1.29, 1.82) is 0 Å². The van der Waals surface area contributed by atoms with Crippen LogP contribution in [0.15, 0.2) is 60.8 Å². The normalized spacial score (nSPS) is 21.5. The first kappa shape index (κ1) is 20.9. The average Bonchev–Trinajstić information content (AvgIpc) is 3.45. The number of nitrogens with zero attached hydrogens (tertiary/aromatic N) is 4. The number of benzene rings is 2. The molecule has 2 unspecified atom stereocenters. The van der Waals surface area contributed by atoms with E-state index in [2.05, 4.69) is 67.0 Å². The molecule has 3 aromatic rings. The minimum absolute atomic E-state index is 0.153. The monoisotopic (exact) mass is 455 g/mol. The molecule has 8 nitrogen and oxygen atoms in total. The van der Waals surface area contributed by atoms with Crippen molar-refractivity contribution in [2.24, 2.45) is 0 Å². The predicted molar refractivity (Wildman–Crippen MR) is 135 cm³/mol. The van der Waals surface area contributed by atoms with Crippen LogP contribution in [0.5, 0.6) is 0 Å². The van der Waals surface area contributed by atoms with Crippen LogP contribution in [0.1, 0.15) is 19.3 Å². The fourth-order valence-electron chi connectivity index (χ4n) is 4.93. The number of amides is 2. The molecule has 2 atom stereocenters. The fraction of sp³-hybridized carbons (Fsp3) is 0.346. The van der Waals surface area contributed by atoms with Crippen LogP contribution in [0.3, 0.4) is 0 Å². The van der Waals surface area contributed by atoms with Gasteiger partial charge in [-0.2, -0.15) is 0 Å². The molecule has 1 aliphatic carbocycles. The standard InChI is InChI=1S/C26H29N7O/c1-32-15-23-14-22(32)16-33(23)21-10-8-18(9-11-21)28-25-27-13-12-24(31-25)17-2-4-19(5-3-17)29-26(34)30-20-6-7-20/h2-5,8-13,20,22-23H,6-7,14-16H2,1H3,(H,27,28,31)(H2,29,30,34). The number of urea groups is 1. The summed E-state index contributed by atoms with van der Waals surface area (Å²) in [5.41, 5.74) is 4.78. The summed E-state index contributed by atoms with van der Waals surface area (Å²) in [6.45, 7) is 2.26. The number of carbonyl (C=O) groups excluding carboxylic acids is 1. The Morgan fingerprint density at radius 3 is 2.38 bits per heavy atom. The van der Waals surface area contributed by atoms with Crippen LogP contribution in [0, 0.1) is 0 Å². The maximum Gasteiger partial charge on any atom is 0.319 e. The van der Waals surface area contributed by atoms with Gasteiger partial charge in [-0.3, -0.25) is 4.90 Å². The van der Waals surface area contributed by atoms with Gasteiger partial charge < -0.3 is 20.9 Å². The van der Waals surface area contributed by atoms with Crippen LogP contribution in [0.4, 0.5) is 27.8 Å². The van der Waals surface area contributed by atoms with Crippen LogP contribution in [0.2, 0.25) is 0 Å². The van der Waals surface area contributed by atoms with Crippen LogP contribution in [-0.2, 0) is 0 Å². The van der Waals surface area contributed by atoms with Gasteiger partial charge in [-0.1, -0.05) is 12.1 Å². The van der Waals surface area contributed by atoms with Gasteiger partial charge in [0.05, 0.1) is 5.69 Å². The molecule has 3 aliphatic rings. The molecule has 8 heteroatoms. The zero-order valence-corrected chi connectivity index (χ0v) is 19.2. The van der Waals surface area contributed by atoms with Crippen molar-refractivity contribution in [1.82, 2.24) is 20.2 Å². The molecule has 2 bridgehead atoms. The highest BCUT2D eigenvalue weighted by molar-refractivity contribution is 5.89. The Morgan fingerprint density at radius 2 is 1.71 bits per heavy atom. The van der Waals surface area contributed by atoms with Gasteiger partial charge in [-0.15, -0.1) is 0 Å². The summed E-state index contributed by atoms with van der Waals surface area (Å²) < 4.78 is 0. The Morgan fingerprint density at radius 1 is 0.941 bits per heavy atom. The number of anilines is 4. The number of hydrogen-bond donors (Lipinski definition) is 3. The van der Waals surface area contributed by atoms with Crippen molar-refractivity contribution >= 4 is 29.0 Å². The maximum absolute atomic E-state index is 11.9. The van der Waals surface area contributed by atoms with E-state index in [0.717, 1.165) is 48.6 Å². The van der Waals surface area contributed by atoms with E-state index in [4.69, 9.17) is 0 Å². The molecular weight excluding hydrogens is 426 g/mol. The third-order valence-corrected chi connectivity index (χ3v) is 6.98. The summed E-state index contributed by atoms with van der Waals surface area (Å²) in [6, 6.07) is 19.6. The first-order valence-electron chi connectivity index (χ1n) is 12.0. The van der Waals surface area contributed by atoms with Crippen molar-refractivity contribution < 1.29 is 4.79 Å². The quantitative estimate of drug-likeness (QED) is 0.520. The molecule has 3 fully saturated rings. The smallest absolute Gasteiger partial charge is 0.319 e. The summed E-state index contributed by atoms with van der Waals surface area (Å²) in [4.78, 5) is 26.0. The molecule has 6 rings (SSSR count). The van der Waals surface area contributed by atoms with Gasteiger partial charge in [0.15, 0.2) is 0 Å². The minimum atomic E-state index is -0.153. The van der Waals surface area contributed by atoms with Crippen LogP contribution in [-0.4, -0.2) is 59.2 Å². The second-order valence-corrected chi connectivity index (χ2v) is 9.52. The number of carbonyl (C=O) groups is 1. The van der Waals surface area contributed by atoms with Crippen molar-refractivity contribution in [3.63, 3.8) is 0 Å². The molecular formula is C26H29N7O. The van der Waals surface area contributed by atoms with Gasteiger partial charge in [0.25, 0.3) is 0 Å². The first-order chi connectivity index (χ1) is 16.6. The summed E-state index contributed by atoms with van der Waals surface area (Å²) in [6.07, 6.45) is 5.16. The maximum atomic E-state index is 11.9. The summed E-state index contributed by atoms with van der Waals surface area (Å²) in [5.74, 6) is 0.554. The van der Waals surface area contributed by atoms with Crippen molar-refractivity contribution in [3.05, 3.63) is 60.8 Å². The highest BCUT2D eigenvalue weighted by Crippen LogP contribution is 2.34. The number of nitrogens with one attached hydrogen (secondary N) is 3. The lowest BCUT2D eigenvalue weighted by Gasteiger charge is -2.33. The molecule has 1 aromatic heterocycles. The molecule has 3 heterocycles. The Labute approximate surface area is 199 Å². The first-order valence-corrected chi connectivity index (χ1v) is 12.0. The van der Waals surface area contributed by atoms with E-state index >= 15 is 0 Å². The van der Waals surface area contributed by atoms with Crippen LogP contribution >= 0.6 is 0 Å². The van der Waals surface area contributed by atoms with E-state index < -0.39 is 0 Å². The summed E-state index contributed by atoms with van der Waals surface area (Å²) in [7, 11) is 2.23. The van der Waals surface area contributed by atoms with E-state index in [9.17, 15) is 4.79 Å². The molecule has 2 aromatic carbocycles.